The minimum absolute atomic E-state index is 0.364. The van der Waals surface area contributed by atoms with Gasteiger partial charge in [0.1, 0.15) is 6.04 Å². The Hall–Kier alpha value is -2.64. The first kappa shape index (κ1) is 15.4. The normalized spacial score (nSPS) is 13.1. The van der Waals surface area contributed by atoms with Crippen LogP contribution < -0.4 is 10.6 Å². The predicted octanol–water partition coefficient (Wildman–Crippen LogP) is 0.370. The number of hydrogen-bond acceptors (Lipinski definition) is 4. The Morgan fingerprint density at radius 1 is 1.20 bits per heavy atom. The number of nitrogens with one attached hydrogen (secondary N) is 2. The Morgan fingerprint density at radius 3 is 2.30 bits per heavy atom. The molecule has 20 heavy (non-hydrogen) atoms. The standard InChI is InChI=1S/C12H15N3O5/c1-7(8-2-4-13-5-3-8)14-12(20)15-9(11(18)19)6-10(16)17/h2-5,7,9H,6H2,1H3,(H,16,17)(H,18,19)(H2,14,15,20)/t7?,9-/m0/s1. The molecule has 0 saturated carbocycles. The molecule has 4 N–H and O–H groups in total. The lowest BCUT2D eigenvalue weighted by Gasteiger charge is -2.17. The van der Waals surface area contributed by atoms with E-state index >= 15 is 0 Å². The average molecular weight is 281 g/mol. The molecule has 1 heterocycles. The second kappa shape index (κ2) is 7.07. The van der Waals surface area contributed by atoms with E-state index in [0.29, 0.717) is 0 Å². The van der Waals surface area contributed by atoms with Gasteiger partial charge in [0.25, 0.3) is 0 Å². The molecule has 0 fully saturated rings. The molecule has 8 heteroatoms. The molecule has 0 radical (unpaired) electrons. The van der Waals surface area contributed by atoms with E-state index in [-0.39, 0.29) is 6.04 Å². The van der Waals surface area contributed by atoms with Gasteiger partial charge in [0, 0.05) is 12.4 Å². The zero-order valence-electron chi connectivity index (χ0n) is 10.7. The highest BCUT2D eigenvalue weighted by Gasteiger charge is 2.23. The van der Waals surface area contributed by atoms with Crippen molar-refractivity contribution in [3.8, 4) is 0 Å². The van der Waals surface area contributed by atoms with E-state index in [1.54, 1.807) is 31.5 Å². The van der Waals surface area contributed by atoms with Crippen LogP contribution >= 0.6 is 0 Å². The smallest absolute Gasteiger partial charge is 0.326 e. The van der Waals surface area contributed by atoms with Crippen molar-refractivity contribution in [2.45, 2.75) is 25.4 Å². The number of carbonyl (C=O) groups is 3. The lowest BCUT2D eigenvalue weighted by molar-refractivity contribution is -0.145. The zero-order chi connectivity index (χ0) is 15.1. The van der Waals surface area contributed by atoms with Crippen LogP contribution in [0.5, 0.6) is 0 Å². The minimum atomic E-state index is -1.47. The fourth-order valence-corrected chi connectivity index (χ4v) is 1.51. The van der Waals surface area contributed by atoms with Gasteiger partial charge in [0.15, 0.2) is 0 Å². The van der Waals surface area contributed by atoms with Crippen molar-refractivity contribution in [1.82, 2.24) is 15.6 Å². The first-order valence-corrected chi connectivity index (χ1v) is 5.81. The first-order chi connectivity index (χ1) is 9.40. The van der Waals surface area contributed by atoms with Crippen LogP contribution in [0.2, 0.25) is 0 Å². The van der Waals surface area contributed by atoms with E-state index in [4.69, 9.17) is 10.2 Å². The quantitative estimate of drug-likeness (QED) is 0.596. The maximum atomic E-state index is 11.6. The van der Waals surface area contributed by atoms with Crippen LogP contribution in [-0.4, -0.2) is 39.2 Å². The Bertz CT molecular complexity index is 491. The number of urea groups is 1. The summed E-state index contributed by atoms with van der Waals surface area (Å²) in [5.74, 6) is -2.71. The molecule has 1 unspecified atom stereocenters. The Kier molecular flexibility index (Phi) is 5.45. The molecule has 0 spiro atoms. The summed E-state index contributed by atoms with van der Waals surface area (Å²) in [7, 11) is 0. The van der Waals surface area contributed by atoms with Crippen molar-refractivity contribution in [2.24, 2.45) is 0 Å². The summed E-state index contributed by atoms with van der Waals surface area (Å²) in [6, 6.07) is 0.825. The largest absolute Gasteiger partial charge is 0.481 e. The van der Waals surface area contributed by atoms with Gasteiger partial charge in [-0.05, 0) is 24.6 Å². The van der Waals surface area contributed by atoms with E-state index in [1.165, 1.54) is 0 Å². The van der Waals surface area contributed by atoms with Crippen molar-refractivity contribution in [3.05, 3.63) is 30.1 Å². The predicted molar refractivity (Wildman–Crippen MR) is 68.0 cm³/mol. The molecule has 0 bridgehead atoms. The van der Waals surface area contributed by atoms with Gasteiger partial charge in [-0.15, -0.1) is 0 Å². The SMILES string of the molecule is CC(NC(=O)N[C@@H](CC(=O)O)C(=O)O)c1ccncc1. The molecular formula is C12H15N3O5. The molecule has 2 atom stereocenters. The Balaban J connectivity index is 2.57. The zero-order valence-corrected chi connectivity index (χ0v) is 10.7. The second-order valence-electron chi connectivity index (χ2n) is 4.11. The topological polar surface area (TPSA) is 129 Å². The number of nitrogens with zero attached hydrogens (tertiary/aromatic N) is 1. The monoisotopic (exact) mass is 281 g/mol. The summed E-state index contributed by atoms with van der Waals surface area (Å²) in [4.78, 5) is 36.8. The number of carboxylic acid groups (broad SMARTS) is 2. The minimum Gasteiger partial charge on any atom is -0.481 e. The fourth-order valence-electron chi connectivity index (χ4n) is 1.51. The molecule has 1 aromatic heterocycles. The number of amides is 2. The number of aromatic nitrogens is 1. The number of carbonyl (C=O) groups excluding carboxylic acids is 1. The fraction of sp³-hybridized carbons (Fsp3) is 0.333. The molecular weight excluding hydrogens is 266 g/mol. The van der Waals surface area contributed by atoms with Gasteiger partial charge in [-0.1, -0.05) is 0 Å². The van der Waals surface area contributed by atoms with Gasteiger partial charge in [-0.3, -0.25) is 9.78 Å². The summed E-state index contributed by atoms with van der Waals surface area (Å²) in [5.41, 5.74) is 0.792. The highest BCUT2D eigenvalue weighted by Crippen LogP contribution is 2.09. The van der Waals surface area contributed by atoms with Gasteiger partial charge < -0.3 is 20.8 Å². The molecule has 1 rings (SSSR count). The number of carboxylic acids is 2. The summed E-state index contributed by atoms with van der Waals surface area (Å²) < 4.78 is 0. The molecule has 0 saturated heterocycles. The maximum absolute atomic E-state index is 11.6. The van der Waals surface area contributed by atoms with Gasteiger partial charge in [0.05, 0.1) is 12.5 Å². The van der Waals surface area contributed by atoms with Crippen LogP contribution in [0, 0.1) is 0 Å². The van der Waals surface area contributed by atoms with E-state index in [9.17, 15) is 14.4 Å². The van der Waals surface area contributed by atoms with Crippen LogP contribution in [0.1, 0.15) is 24.9 Å². The summed E-state index contributed by atoms with van der Waals surface area (Å²) in [6.45, 7) is 1.71. The Labute approximate surface area is 114 Å². The van der Waals surface area contributed by atoms with Crippen LogP contribution in [0.4, 0.5) is 4.79 Å². The summed E-state index contributed by atoms with van der Waals surface area (Å²) in [5, 5.41) is 22.0. The van der Waals surface area contributed by atoms with Gasteiger partial charge in [-0.25, -0.2) is 9.59 Å². The highest BCUT2D eigenvalue weighted by atomic mass is 16.4. The Morgan fingerprint density at radius 2 is 1.80 bits per heavy atom. The average Bonchev–Trinajstić information content (AvgIpc) is 2.38. The molecule has 2 amide bonds. The second-order valence-corrected chi connectivity index (χ2v) is 4.11. The third-order valence-corrected chi connectivity index (χ3v) is 2.54. The van der Waals surface area contributed by atoms with Crippen LogP contribution in [0.3, 0.4) is 0 Å². The van der Waals surface area contributed by atoms with Crippen LogP contribution in [-0.2, 0) is 9.59 Å². The van der Waals surface area contributed by atoms with Crippen molar-refractivity contribution in [3.63, 3.8) is 0 Å². The van der Waals surface area contributed by atoms with Gasteiger partial charge in [-0.2, -0.15) is 0 Å². The van der Waals surface area contributed by atoms with Crippen molar-refractivity contribution in [2.75, 3.05) is 0 Å². The lowest BCUT2D eigenvalue weighted by Crippen LogP contribution is -2.47. The molecule has 0 aliphatic rings. The third-order valence-electron chi connectivity index (χ3n) is 2.54. The van der Waals surface area contributed by atoms with Crippen molar-refractivity contribution < 1.29 is 24.6 Å². The molecule has 0 aromatic carbocycles. The molecule has 0 aliphatic heterocycles. The number of pyridine rings is 1. The van der Waals surface area contributed by atoms with Crippen LogP contribution in [0.15, 0.2) is 24.5 Å². The van der Waals surface area contributed by atoms with Gasteiger partial charge in [0.2, 0.25) is 0 Å². The molecule has 108 valence electrons. The van der Waals surface area contributed by atoms with Crippen molar-refractivity contribution in [1.29, 1.82) is 0 Å². The van der Waals surface area contributed by atoms with Gasteiger partial charge >= 0.3 is 18.0 Å². The molecule has 8 nitrogen and oxygen atoms in total. The van der Waals surface area contributed by atoms with E-state index in [0.717, 1.165) is 5.56 Å². The third kappa shape index (κ3) is 4.92. The summed E-state index contributed by atoms with van der Waals surface area (Å²) in [6.07, 6.45) is 2.44. The summed E-state index contributed by atoms with van der Waals surface area (Å²) >= 11 is 0. The van der Waals surface area contributed by atoms with E-state index in [2.05, 4.69) is 15.6 Å². The molecule has 1 aromatic rings. The van der Waals surface area contributed by atoms with Crippen LogP contribution in [0.25, 0.3) is 0 Å². The lowest BCUT2D eigenvalue weighted by atomic mass is 10.1. The van der Waals surface area contributed by atoms with Crippen molar-refractivity contribution >= 4 is 18.0 Å². The number of rotatable bonds is 6. The number of hydrogen-bond donors (Lipinski definition) is 4. The maximum Gasteiger partial charge on any atom is 0.326 e. The number of aliphatic carboxylic acids is 2. The van der Waals surface area contributed by atoms with E-state index < -0.39 is 30.4 Å². The molecule has 0 aliphatic carbocycles. The highest BCUT2D eigenvalue weighted by molar-refractivity contribution is 5.86. The first-order valence-electron chi connectivity index (χ1n) is 5.81. The van der Waals surface area contributed by atoms with E-state index in [1.807, 2.05) is 0 Å².